The normalized spacial score (nSPS) is 12.8. The van der Waals surface area contributed by atoms with Crippen LogP contribution in [0.5, 0.6) is 0 Å². The fraction of sp³-hybridized carbons (Fsp3) is 0.143. The van der Waals surface area contributed by atoms with Crippen LogP contribution in [0.1, 0.15) is 16.7 Å². The summed E-state index contributed by atoms with van der Waals surface area (Å²) in [5.41, 5.74) is 9.75. The van der Waals surface area contributed by atoms with Gasteiger partial charge in [-0.3, -0.25) is 0 Å². The number of hydrogen-bond acceptors (Lipinski definition) is 0. The molecule has 5 rings (SSSR count). The zero-order valence-corrected chi connectivity index (χ0v) is 12.9. The fourth-order valence-electron chi connectivity index (χ4n) is 4.04. The van der Waals surface area contributed by atoms with Gasteiger partial charge in [0.2, 0.25) is 0 Å². The third-order valence-corrected chi connectivity index (χ3v) is 5.08. The Bertz CT molecular complexity index is 1070. The Hall–Kier alpha value is -2.54. The molecule has 0 saturated heterocycles. The minimum absolute atomic E-state index is 1.06. The highest BCUT2D eigenvalue weighted by Crippen LogP contribution is 2.44. The van der Waals surface area contributed by atoms with E-state index in [0.29, 0.717) is 0 Å². The first-order chi connectivity index (χ1) is 10.7. The largest absolute Gasteiger partial charge is 0.344 e. The van der Waals surface area contributed by atoms with Crippen molar-refractivity contribution in [2.45, 2.75) is 13.3 Å². The zero-order valence-electron chi connectivity index (χ0n) is 12.9. The molecule has 0 aliphatic heterocycles. The summed E-state index contributed by atoms with van der Waals surface area (Å²) in [5, 5.41) is 2.80. The van der Waals surface area contributed by atoms with Crippen molar-refractivity contribution < 1.29 is 0 Å². The first kappa shape index (κ1) is 12.0. The lowest BCUT2D eigenvalue weighted by molar-refractivity contribution is 1.01. The molecule has 106 valence electrons. The molecule has 0 saturated carbocycles. The average molecular weight is 283 g/mol. The lowest BCUT2D eigenvalue weighted by atomic mass is 9.99. The van der Waals surface area contributed by atoms with E-state index in [1.54, 1.807) is 0 Å². The Morgan fingerprint density at radius 3 is 2.59 bits per heavy atom. The van der Waals surface area contributed by atoms with Crippen LogP contribution in [0.15, 0.2) is 54.6 Å². The molecular weight excluding hydrogens is 266 g/mol. The zero-order chi connectivity index (χ0) is 14.8. The molecule has 1 aliphatic carbocycles. The van der Waals surface area contributed by atoms with Crippen molar-refractivity contribution in [3.8, 4) is 11.1 Å². The topological polar surface area (TPSA) is 4.93 Å². The Morgan fingerprint density at radius 1 is 0.864 bits per heavy atom. The van der Waals surface area contributed by atoms with E-state index in [2.05, 4.69) is 73.1 Å². The SMILES string of the molecule is Cc1ccc2c(c1)c1c3c(ccc1n2C)Cc1ccccc1-3. The van der Waals surface area contributed by atoms with Gasteiger partial charge in [0.1, 0.15) is 0 Å². The second-order valence-electron chi connectivity index (χ2n) is 6.41. The number of nitrogens with zero attached hydrogens (tertiary/aromatic N) is 1. The minimum Gasteiger partial charge on any atom is -0.344 e. The molecule has 0 unspecified atom stereocenters. The van der Waals surface area contributed by atoms with Gasteiger partial charge >= 0.3 is 0 Å². The molecule has 4 aromatic rings. The number of benzene rings is 3. The van der Waals surface area contributed by atoms with Crippen molar-refractivity contribution in [3.63, 3.8) is 0 Å². The summed E-state index contributed by atoms with van der Waals surface area (Å²) < 4.78 is 2.32. The van der Waals surface area contributed by atoms with E-state index in [9.17, 15) is 0 Å². The van der Waals surface area contributed by atoms with E-state index >= 15 is 0 Å². The molecule has 1 nitrogen and oxygen atoms in total. The summed E-state index contributed by atoms with van der Waals surface area (Å²) in [6.07, 6.45) is 1.06. The van der Waals surface area contributed by atoms with E-state index < -0.39 is 0 Å². The van der Waals surface area contributed by atoms with Crippen LogP contribution in [0.2, 0.25) is 0 Å². The van der Waals surface area contributed by atoms with Gasteiger partial charge in [-0.1, -0.05) is 42.0 Å². The van der Waals surface area contributed by atoms with Crippen LogP contribution in [0, 0.1) is 6.92 Å². The number of aromatic nitrogens is 1. The van der Waals surface area contributed by atoms with E-state index in [0.717, 1.165) is 6.42 Å². The highest BCUT2D eigenvalue weighted by Gasteiger charge is 2.23. The van der Waals surface area contributed by atoms with Crippen LogP contribution >= 0.6 is 0 Å². The first-order valence-corrected chi connectivity index (χ1v) is 7.83. The Kier molecular flexibility index (Phi) is 2.20. The number of fused-ring (bicyclic) bond motifs is 7. The lowest BCUT2D eigenvalue weighted by Crippen LogP contribution is -1.87. The highest BCUT2D eigenvalue weighted by molar-refractivity contribution is 6.16. The molecule has 0 amide bonds. The van der Waals surface area contributed by atoms with Crippen LogP contribution in [0.4, 0.5) is 0 Å². The smallest absolute Gasteiger partial charge is 0.0495 e. The monoisotopic (exact) mass is 283 g/mol. The molecule has 1 aromatic heterocycles. The second kappa shape index (κ2) is 4.01. The van der Waals surface area contributed by atoms with Gasteiger partial charge in [0.05, 0.1) is 0 Å². The third-order valence-electron chi connectivity index (χ3n) is 5.08. The van der Waals surface area contributed by atoms with Gasteiger partial charge in [0.15, 0.2) is 0 Å². The Labute approximate surface area is 129 Å². The van der Waals surface area contributed by atoms with E-state index in [-0.39, 0.29) is 0 Å². The predicted octanol–water partition coefficient (Wildman–Crippen LogP) is 5.21. The van der Waals surface area contributed by atoms with Crippen molar-refractivity contribution in [1.29, 1.82) is 0 Å². The molecule has 1 heteroatoms. The minimum atomic E-state index is 1.06. The third kappa shape index (κ3) is 1.38. The molecule has 0 N–H and O–H groups in total. The maximum Gasteiger partial charge on any atom is 0.0495 e. The average Bonchev–Trinajstić information content (AvgIpc) is 3.03. The van der Waals surface area contributed by atoms with Crippen molar-refractivity contribution in [2.24, 2.45) is 7.05 Å². The molecule has 0 fully saturated rings. The molecule has 3 aromatic carbocycles. The molecule has 1 aliphatic rings. The summed E-state index contributed by atoms with van der Waals surface area (Å²) in [6.45, 7) is 2.18. The Morgan fingerprint density at radius 2 is 1.68 bits per heavy atom. The van der Waals surface area contributed by atoms with Gasteiger partial charge < -0.3 is 4.57 Å². The molecule has 0 bridgehead atoms. The van der Waals surface area contributed by atoms with Crippen molar-refractivity contribution in [2.75, 3.05) is 0 Å². The van der Waals surface area contributed by atoms with Gasteiger partial charge in [-0.15, -0.1) is 0 Å². The fourth-order valence-corrected chi connectivity index (χ4v) is 4.04. The summed E-state index contributed by atoms with van der Waals surface area (Å²) in [6, 6.07) is 20.2. The van der Waals surface area contributed by atoms with Crippen LogP contribution in [-0.4, -0.2) is 4.57 Å². The van der Waals surface area contributed by atoms with E-state index in [1.807, 2.05) is 0 Å². The lowest BCUT2D eigenvalue weighted by Gasteiger charge is -2.05. The quantitative estimate of drug-likeness (QED) is 0.367. The van der Waals surface area contributed by atoms with E-state index in [1.165, 1.54) is 49.6 Å². The molecule has 1 heterocycles. The second-order valence-corrected chi connectivity index (χ2v) is 6.41. The van der Waals surface area contributed by atoms with Crippen molar-refractivity contribution in [3.05, 3.63) is 71.3 Å². The summed E-state index contributed by atoms with van der Waals surface area (Å²) in [5.74, 6) is 0. The number of hydrogen-bond donors (Lipinski definition) is 0. The van der Waals surface area contributed by atoms with Crippen LogP contribution < -0.4 is 0 Å². The summed E-state index contributed by atoms with van der Waals surface area (Å²) in [7, 11) is 2.17. The van der Waals surface area contributed by atoms with Crippen molar-refractivity contribution >= 4 is 21.8 Å². The van der Waals surface area contributed by atoms with Gasteiger partial charge in [-0.2, -0.15) is 0 Å². The summed E-state index contributed by atoms with van der Waals surface area (Å²) >= 11 is 0. The summed E-state index contributed by atoms with van der Waals surface area (Å²) in [4.78, 5) is 0. The van der Waals surface area contributed by atoms with Crippen molar-refractivity contribution in [1.82, 2.24) is 4.57 Å². The number of rotatable bonds is 0. The van der Waals surface area contributed by atoms with Crippen LogP contribution in [-0.2, 0) is 13.5 Å². The van der Waals surface area contributed by atoms with E-state index in [4.69, 9.17) is 0 Å². The maximum atomic E-state index is 2.33. The standard InChI is InChI=1S/C21H17N/c1-13-7-9-18-17(11-13)21-19(22(18)2)10-8-15-12-14-5-3-4-6-16(14)20(15)21/h3-11H,12H2,1-2H3. The van der Waals surface area contributed by atoms with Gasteiger partial charge in [-0.05, 0) is 53.8 Å². The molecule has 0 spiro atoms. The molecule has 0 radical (unpaired) electrons. The van der Waals surface area contributed by atoms with Gasteiger partial charge in [0.25, 0.3) is 0 Å². The van der Waals surface area contributed by atoms with Crippen LogP contribution in [0.25, 0.3) is 32.9 Å². The Balaban J connectivity index is 2.05. The first-order valence-electron chi connectivity index (χ1n) is 7.83. The molecular formula is C21H17N. The predicted molar refractivity (Wildman–Crippen MR) is 93.4 cm³/mol. The van der Waals surface area contributed by atoms with Gasteiger partial charge in [0, 0.05) is 28.9 Å². The van der Waals surface area contributed by atoms with Gasteiger partial charge in [-0.25, -0.2) is 0 Å². The molecule has 22 heavy (non-hydrogen) atoms. The highest BCUT2D eigenvalue weighted by atomic mass is 14.9. The van der Waals surface area contributed by atoms with Crippen LogP contribution in [0.3, 0.4) is 0 Å². The number of aryl methyl sites for hydroxylation is 2. The maximum absolute atomic E-state index is 2.33. The molecule has 0 atom stereocenters.